The molecule has 1 aliphatic rings. The summed E-state index contributed by atoms with van der Waals surface area (Å²) in [5.41, 5.74) is 1.28. The summed E-state index contributed by atoms with van der Waals surface area (Å²) >= 11 is 0. The van der Waals surface area contributed by atoms with Crippen LogP contribution in [0.2, 0.25) is 0 Å². The second kappa shape index (κ2) is 6.67. The van der Waals surface area contributed by atoms with Crippen molar-refractivity contribution in [3.05, 3.63) is 70.6 Å². The van der Waals surface area contributed by atoms with E-state index in [1.54, 1.807) is 55.6 Å². The second-order valence-electron chi connectivity index (χ2n) is 5.34. The first kappa shape index (κ1) is 15.9. The molecule has 7 heteroatoms. The van der Waals surface area contributed by atoms with E-state index in [9.17, 15) is 14.8 Å². The Morgan fingerprint density at radius 3 is 2.33 bits per heavy atom. The lowest BCUT2D eigenvalue weighted by atomic mass is 10.0. The van der Waals surface area contributed by atoms with E-state index in [1.807, 2.05) is 6.07 Å². The molecule has 0 spiro atoms. The maximum atomic E-state index is 11.6. The van der Waals surface area contributed by atoms with Gasteiger partial charge in [0, 0.05) is 5.56 Å². The first-order valence-corrected chi connectivity index (χ1v) is 7.34. The van der Waals surface area contributed by atoms with Gasteiger partial charge in [-0.3, -0.25) is 0 Å². The van der Waals surface area contributed by atoms with E-state index in [-0.39, 0.29) is 0 Å². The van der Waals surface area contributed by atoms with Crippen LogP contribution in [0.3, 0.4) is 0 Å². The quantitative estimate of drug-likeness (QED) is 0.849. The number of rotatable bonds is 5. The molecule has 1 N–H and O–H groups in total. The Hall–Kier alpha value is -2.93. The molecule has 1 saturated heterocycles. The predicted molar refractivity (Wildman–Crippen MR) is 85.1 cm³/mol. The Balaban J connectivity index is 1.99. The molecule has 2 aromatic carbocycles. The Labute approximate surface area is 138 Å². The fourth-order valence-corrected chi connectivity index (χ4v) is 2.82. The molecule has 0 amide bonds. The van der Waals surface area contributed by atoms with Gasteiger partial charge in [0.1, 0.15) is 11.8 Å². The predicted octanol–water partition coefficient (Wildman–Crippen LogP) is 2.90. The van der Waals surface area contributed by atoms with Crippen molar-refractivity contribution in [2.75, 3.05) is 7.11 Å². The van der Waals surface area contributed by atoms with E-state index in [1.165, 1.54) is 0 Å². The summed E-state index contributed by atoms with van der Waals surface area (Å²) in [6, 6.07) is 14.9. The van der Waals surface area contributed by atoms with Crippen molar-refractivity contribution in [3.8, 4) is 5.75 Å². The fraction of sp³-hybridized carbons (Fsp3) is 0.235. The van der Waals surface area contributed by atoms with E-state index in [0.29, 0.717) is 16.9 Å². The van der Waals surface area contributed by atoms with E-state index in [0.717, 1.165) is 5.01 Å². The Bertz CT molecular complexity index is 720. The Morgan fingerprint density at radius 1 is 1.12 bits per heavy atom. The smallest absolute Gasteiger partial charge is 0.335 e. The third-order valence-corrected chi connectivity index (χ3v) is 3.97. The van der Waals surface area contributed by atoms with Crippen LogP contribution in [0.1, 0.15) is 23.4 Å². The zero-order valence-electron chi connectivity index (χ0n) is 12.9. The number of nitrogens with zero attached hydrogens (tertiary/aromatic N) is 2. The highest BCUT2D eigenvalue weighted by molar-refractivity contribution is 5.74. The van der Waals surface area contributed by atoms with Crippen LogP contribution in [-0.4, -0.2) is 29.3 Å². The van der Waals surface area contributed by atoms with Crippen molar-refractivity contribution >= 4 is 5.97 Å². The number of carboxylic acids is 1. The van der Waals surface area contributed by atoms with Gasteiger partial charge in [0.15, 0.2) is 12.3 Å². The van der Waals surface area contributed by atoms with Crippen LogP contribution < -0.4 is 4.74 Å². The van der Waals surface area contributed by atoms with Gasteiger partial charge in [-0.05, 0) is 17.7 Å². The monoisotopic (exact) mass is 328 g/mol. The maximum absolute atomic E-state index is 11.6. The van der Waals surface area contributed by atoms with Crippen LogP contribution in [0.5, 0.6) is 5.75 Å². The zero-order chi connectivity index (χ0) is 17.1. The van der Waals surface area contributed by atoms with Gasteiger partial charge in [0.2, 0.25) is 0 Å². The van der Waals surface area contributed by atoms with Crippen molar-refractivity contribution in [2.45, 2.75) is 18.4 Å². The standard InChI is InChI=1S/C17H16N2O5/c1-23-13-9-7-12(8-10-13)16-19(18-22)14(15(24-16)17(20)21)11-5-3-2-4-6-11/h2-10,14-16H,1H3,(H,20,21)/t14-,15+,16?/m0/s1. The lowest BCUT2D eigenvalue weighted by molar-refractivity contribution is -0.150. The van der Waals surface area contributed by atoms with Crippen molar-refractivity contribution in [2.24, 2.45) is 5.29 Å². The topological polar surface area (TPSA) is 88.4 Å². The van der Waals surface area contributed by atoms with Gasteiger partial charge < -0.3 is 14.6 Å². The molecule has 124 valence electrons. The number of methoxy groups -OCH3 is 1. The van der Waals surface area contributed by atoms with E-state index >= 15 is 0 Å². The van der Waals surface area contributed by atoms with Crippen LogP contribution in [0.4, 0.5) is 0 Å². The van der Waals surface area contributed by atoms with Crippen molar-refractivity contribution in [1.82, 2.24) is 5.01 Å². The minimum Gasteiger partial charge on any atom is -0.497 e. The van der Waals surface area contributed by atoms with Gasteiger partial charge in [0.25, 0.3) is 0 Å². The largest absolute Gasteiger partial charge is 0.497 e. The molecule has 24 heavy (non-hydrogen) atoms. The van der Waals surface area contributed by atoms with Gasteiger partial charge in [0.05, 0.1) is 12.4 Å². The summed E-state index contributed by atoms with van der Waals surface area (Å²) < 4.78 is 10.7. The molecule has 0 radical (unpaired) electrons. The fourth-order valence-electron chi connectivity index (χ4n) is 2.82. The van der Waals surface area contributed by atoms with E-state index in [2.05, 4.69) is 5.29 Å². The molecule has 0 aromatic heterocycles. The van der Waals surface area contributed by atoms with Crippen LogP contribution >= 0.6 is 0 Å². The average Bonchev–Trinajstić information content (AvgIpc) is 3.02. The third-order valence-electron chi connectivity index (χ3n) is 3.97. The van der Waals surface area contributed by atoms with Gasteiger partial charge in [-0.25, -0.2) is 9.80 Å². The SMILES string of the molecule is COc1ccc(C2O[C@@H](C(=O)O)[C@H](c3ccccc3)N2N=O)cc1. The van der Waals surface area contributed by atoms with Crippen molar-refractivity contribution < 1.29 is 19.4 Å². The van der Waals surface area contributed by atoms with Crippen molar-refractivity contribution in [1.29, 1.82) is 0 Å². The number of hydrogen-bond donors (Lipinski definition) is 1. The average molecular weight is 328 g/mol. The molecule has 3 rings (SSSR count). The second-order valence-corrected chi connectivity index (χ2v) is 5.34. The van der Waals surface area contributed by atoms with Crippen molar-refractivity contribution in [3.63, 3.8) is 0 Å². The Morgan fingerprint density at radius 2 is 1.79 bits per heavy atom. The minimum absolute atomic E-state index is 0.625. The highest BCUT2D eigenvalue weighted by atomic mass is 16.6. The highest BCUT2D eigenvalue weighted by Gasteiger charge is 2.48. The summed E-state index contributed by atoms with van der Waals surface area (Å²) in [6.07, 6.45) is -2.07. The van der Waals surface area contributed by atoms with Crippen LogP contribution in [0, 0.1) is 4.91 Å². The normalized spacial score (nSPS) is 23.0. The number of hydrogen-bond acceptors (Lipinski definition) is 5. The molecule has 1 aliphatic heterocycles. The number of carbonyl (C=O) groups is 1. The van der Waals surface area contributed by atoms with Gasteiger partial charge >= 0.3 is 5.97 Å². The van der Waals surface area contributed by atoms with Crippen LogP contribution in [0.15, 0.2) is 59.9 Å². The number of nitroso groups, excluding NO2 is 1. The first-order chi connectivity index (χ1) is 11.7. The number of carboxylic acid groups (broad SMARTS) is 1. The Kier molecular flexibility index (Phi) is 4.43. The lowest BCUT2D eigenvalue weighted by Gasteiger charge is -2.22. The third kappa shape index (κ3) is 2.81. The molecule has 0 aliphatic carbocycles. The van der Waals surface area contributed by atoms with E-state index in [4.69, 9.17) is 9.47 Å². The highest BCUT2D eigenvalue weighted by Crippen LogP contribution is 2.43. The number of benzene rings is 2. The van der Waals surface area contributed by atoms with Crippen LogP contribution in [0.25, 0.3) is 0 Å². The maximum Gasteiger partial charge on any atom is 0.335 e. The van der Waals surface area contributed by atoms with Crippen LogP contribution in [-0.2, 0) is 9.53 Å². The number of ether oxygens (including phenoxy) is 2. The zero-order valence-corrected chi connectivity index (χ0v) is 12.9. The summed E-state index contributed by atoms with van der Waals surface area (Å²) in [6.45, 7) is 0. The molecular formula is C17H16N2O5. The molecule has 1 fully saturated rings. The molecule has 1 unspecified atom stereocenters. The molecule has 7 nitrogen and oxygen atoms in total. The first-order valence-electron chi connectivity index (χ1n) is 7.34. The van der Waals surface area contributed by atoms with Gasteiger partial charge in [-0.15, -0.1) is 4.91 Å². The van der Waals surface area contributed by atoms with E-state index < -0.39 is 24.3 Å². The summed E-state index contributed by atoms with van der Waals surface area (Å²) in [7, 11) is 1.55. The molecule has 1 heterocycles. The van der Waals surface area contributed by atoms with Gasteiger partial charge in [-0.2, -0.15) is 0 Å². The lowest BCUT2D eigenvalue weighted by Crippen LogP contribution is -2.29. The van der Waals surface area contributed by atoms with Gasteiger partial charge in [-0.1, -0.05) is 42.5 Å². The molecule has 2 aromatic rings. The number of aliphatic carboxylic acids is 1. The summed E-state index contributed by atoms with van der Waals surface area (Å²) in [5.74, 6) is -0.495. The molecule has 0 bridgehead atoms. The summed E-state index contributed by atoms with van der Waals surface area (Å²) in [5, 5.41) is 13.7. The molecular weight excluding hydrogens is 312 g/mol. The molecule has 0 saturated carbocycles. The summed E-state index contributed by atoms with van der Waals surface area (Å²) in [4.78, 5) is 23.1. The minimum atomic E-state index is -1.20. The molecule has 3 atom stereocenters.